The molecular weight excluding hydrogens is 977 g/mol. The number of likely N-dealkylation sites (N-methyl/N-ethyl adjacent to an activating group) is 2. The third kappa shape index (κ3) is 18.2. The molecular formula is C53H80N6O12S2. The molecule has 1 unspecified atom stereocenters. The molecule has 0 radical (unpaired) electrons. The fraction of sp³-hybridized carbons (Fsp3) is 0.623. The van der Waals surface area contributed by atoms with E-state index in [1.165, 1.54) is 30.6 Å². The highest BCUT2D eigenvalue weighted by Gasteiger charge is 2.48. The number of methoxy groups -OCH3 is 1. The number of esters is 1. The second-order valence-electron chi connectivity index (χ2n) is 18.9. The molecule has 2 aliphatic rings. The third-order valence-electron chi connectivity index (χ3n) is 14.1. The maximum absolute atomic E-state index is 13.5. The van der Waals surface area contributed by atoms with E-state index in [0.29, 0.717) is 50.0 Å². The van der Waals surface area contributed by atoms with Crippen molar-refractivity contribution >= 4 is 70.7 Å². The van der Waals surface area contributed by atoms with Gasteiger partial charge in [0.05, 0.1) is 32.4 Å². The average molecular weight is 1060 g/mol. The zero-order chi connectivity index (χ0) is 54.1. The molecule has 20 heteroatoms. The zero-order valence-electron chi connectivity index (χ0n) is 44.2. The Labute approximate surface area is 440 Å². The highest BCUT2D eigenvalue weighted by molar-refractivity contribution is 7.98. The van der Waals surface area contributed by atoms with E-state index in [1.54, 1.807) is 23.9 Å². The van der Waals surface area contributed by atoms with E-state index in [1.807, 2.05) is 101 Å². The van der Waals surface area contributed by atoms with Crippen LogP contribution in [0.4, 0.5) is 0 Å². The molecule has 2 saturated heterocycles. The van der Waals surface area contributed by atoms with Gasteiger partial charge in [-0.15, -0.1) is 0 Å². The number of nitrogens with one attached hydrogen (secondary N) is 4. The van der Waals surface area contributed by atoms with Crippen molar-refractivity contribution in [2.75, 3.05) is 58.4 Å². The summed E-state index contributed by atoms with van der Waals surface area (Å²) in [4.78, 5) is 116. The summed E-state index contributed by atoms with van der Waals surface area (Å²) in [6.45, 7) is 8.06. The summed E-state index contributed by atoms with van der Waals surface area (Å²) in [5, 5.41) is 15.5. The van der Waals surface area contributed by atoms with Gasteiger partial charge < -0.3 is 30.3 Å². The number of amides is 4. The second kappa shape index (κ2) is 31.8. The highest BCUT2D eigenvalue weighted by atomic mass is 32.2. The normalized spacial score (nSPS) is 18.5. The first-order valence-electron chi connectivity index (χ1n) is 25.2. The molecule has 2 aromatic rings. The minimum absolute atomic E-state index is 0.00181. The number of hydrogen-bond donors (Lipinski definition) is 5. The fourth-order valence-corrected chi connectivity index (χ4v) is 9.74. The van der Waals surface area contributed by atoms with Gasteiger partial charge in [0.1, 0.15) is 12.1 Å². The van der Waals surface area contributed by atoms with Crippen molar-refractivity contribution < 1.29 is 57.9 Å². The van der Waals surface area contributed by atoms with Gasteiger partial charge in [0.2, 0.25) is 23.6 Å². The number of hydroxylamine groups is 2. The first-order chi connectivity index (χ1) is 34.8. The lowest BCUT2D eigenvalue weighted by molar-refractivity contribution is -0.165. The zero-order valence-corrected chi connectivity index (χ0v) is 45.8. The van der Waals surface area contributed by atoms with E-state index in [0.717, 1.165) is 24.0 Å². The number of Topliss-reactive ketones (excluding diaryl/α,β-unsaturated/α-hetero) is 2. The Balaban J connectivity index is 0.000000385. The van der Waals surface area contributed by atoms with Crippen molar-refractivity contribution in [1.82, 2.24) is 31.4 Å². The molecule has 73 heavy (non-hydrogen) atoms. The molecule has 2 aliphatic heterocycles. The number of hydrogen-bond acceptors (Lipinski definition) is 15. The van der Waals surface area contributed by atoms with E-state index >= 15 is 0 Å². The molecule has 0 aromatic heterocycles. The van der Waals surface area contributed by atoms with Crippen LogP contribution in [0.3, 0.4) is 0 Å². The monoisotopic (exact) mass is 1060 g/mol. The third-order valence-corrected chi connectivity index (χ3v) is 15.3. The number of carboxylic acid groups (broad SMARTS) is 1. The number of nitrogens with zero attached hydrogens (tertiary/aromatic N) is 2. The molecule has 0 aliphatic carbocycles. The molecule has 0 bridgehead atoms. The van der Waals surface area contributed by atoms with Gasteiger partial charge in [-0.25, -0.2) is 9.59 Å². The number of aliphatic carboxylic acids is 1. The summed E-state index contributed by atoms with van der Waals surface area (Å²) in [6, 6.07) is 17.2. The lowest BCUT2D eigenvalue weighted by Crippen LogP contribution is -2.60. The van der Waals surface area contributed by atoms with Crippen molar-refractivity contribution in [3.8, 4) is 0 Å². The molecule has 0 saturated carbocycles. The molecule has 5 N–H and O–H groups in total. The fourth-order valence-electron chi connectivity index (χ4n) is 8.72. The van der Waals surface area contributed by atoms with Crippen LogP contribution in [0.2, 0.25) is 0 Å². The Morgan fingerprint density at radius 2 is 1.07 bits per heavy atom. The Bertz CT molecular complexity index is 2110. The van der Waals surface area contributed by atoms with Crippen molar-refractivity contribution in [2.24, 2.45) is 11.8 Å². The first kappa shape index (κ1) is 62.4. The van der Waals surface area contributed by atoms with Crippen LogP contribution in [0.1, 0.15) is 103 Å². The van der Waals surface area contributed by atoms with Gasteiger partial charge in [0, 0.05) is 39.8 Å². The van der Waals surface area contributed by atoms with Crippen LogP contribution >= 0.6 is 23.5 Å². The number of carboxylic acids is 1. The topological polar surface area (TPSA) is 239 Å². The summed E-state index contributed by atoms with van der Waals surface area (Å²) in [7, 11) is 4.61. The van der Waals surface area contributed by atoms with Gasteiger partial charge in [-0.3, -0.25) is 38.4 Å². The van der Waals surface area contributed by atoms with Gasteiger partial charge in [0.25, 0.3) is 0 Å². The van der Waals surface area contributed by atoms with Crippen LogP contribution in [0, 0.1) is 11.8 Å². The van der Waals surface area contributed by atoms with Crippen molar-refractivity contribution in [2.45, 2.75) is 140 Å². The summed E-state index contributed by atoms with van der Waals surface area (Å²) >= 11 is 2.97. The Morgan fingerprint density at radius 3 is 1.41 bits per heavy atom. The number of thioether (sulfide) groups is 2. The molecule has 8 atom stereocenters. The van der Waals surface area contributed by atoms with Gasteiger partial charge >= 0.3 is 11.9 Å². The average Bonchev–Trinajstić information content (AvgIpc) is 4.06. The van der Waals surface area contributed by atoms with Gasteiger partial charge in [-0.1, -0.05) is 101 Å². The minimum atomic E-state index is -1.89. The largest absolute Gasteiger partial charge is 0.479 e. The lowest BCUT2D eigenvalue weighted by atomic mass is 9.88. The van der Waals surface area contributed by atoms with Crippen LogP contribution in [-0.4, -0.2) is 156 Å². The molecule has 406 valence electrons. The number of carbonyl (C=O) groups excluding carboxylic acids is 7. The van der Waals surface area contributed by atoms with E-state index < -0.39 is 40.9 Å². The number of ketones is 2. The molecule has 2 aromatic carbocycles. The van der Waals surface area contributed by atoms with Crippen molar-refractivity contribution in [3.05, 3.63) is 71.8 Å². The Kier molecular flexibility index (Phi) is 27.2. The van der Waals surface area contributed by atoms with Crippen LogP contribution in [0.15, 0.2) is 60.7 Å². The van der Waals surface area contributed by atoms with Crippen LogP contribution in [0.5, 0.6) is 0 Å². The molecule has 0 spiro atoms. The molecule has 2 fully saturated rings. The van der Waals surface area contributed by atoms with E-state index in [2.05, 4.69) is 21.6 Å². The predicted octanol–water partition coefficient (Wildman–Crippen LogP) is 4.96. The maximum Gasteiger partial charge on any atom is 0.336 e. The number of ether oxygens (including phenoxy) is 1. The summed E-state index contributed by atoms with van der Waals surface area (Å²) < 4.78 is 5.06. The Hall–Kier alpha value is -4.86. The lowest BCUT2D eigenvalue weighted by Gasteiger charge is -2.35. The van der Waals surface area contributed by atoms with Gasteiger partial charge in [-0.05, 0) is 85.5 Å². The summed E-state index contributed by atoms with van der Waals surface area (Å²) in [6.07, 6.45) is 8.22. The first-order valence-corrected chi connectivity index (χ1v) is 28.0. The SMILES string of the molecule is CC[C@H](C)[C@@H](CONC(CCSC)(C(=O)O)C(=O)CCc1ccccc1)N(C)C(=O)[C@@H]1CCC(=O)N1.CC[C@H](C)[C@@H](CON[C@@](CCSC)(C(=O)CCc1ccccc1)C(=O)OC)N(C)C(=O)[C@@H]1CCC(=O)N1. The Morgan fingerprint density at radius 1 is 0.685 bits per heavy atom. The van der Waals surface area contributed by atoms with Crippen molar-refractivity contribution in [3.63, 3.8) is 0 Å². The van der Waals surface area contributed by atoms with E-state index in [4.69, 9.17) is 14.4 Å². The van der Waals surface area contributed by atoms with Gasteiger partial charge in [0.15, 0.2) is 22.6 Å². The highest BCUT2D eigenvalue weighted by Crippen LogP contribution is 2.25. The number of carbonyl (C=O) groups is 8. The van der Waals surface area contributed by atoms with E-state index in [-0.39, 0.29) is 92.2 Å². The van der Waals surface area contributed by atoms with Crippen molar-refractivity contribution in [1.29, 1.82) is 0 Å². The standard InChI is InChI=1S/C27H41N3O6S.C26H39N3O6S/c1-6-19(2)22(30(3)25(33)21-13-15-24(32)28-21)18-36-29-27(16-17-37-5,26(34)35-4)23(31)14-12-20-10-8-7-9-11-20;1-5-18(2)21(29(3)24(32)20-12-14-23(31)27-20)17-35-28-26(25(33)34,15-16-36-4)22(30)13-11-19-9-7-6-8-10-19/h7-11,19,21-22,29H,6,12-18H2,1-5H3,(H,28,32);6-10,18,20-21,28H,5,11-17H2,1-4H3,(H,27,31)(H,33,34)/t19-,21-,22+,27-;18-,20-,21+,26?/m00/s1. The molecule has 4 rings (SSSR count). The van der Waals surface area contributed by atoms with E-state index in [9.17, 15) is 43.5 Å². The second-order valence-corrected chi connectivity index (χ2v) is 20.8. The van der Waals surface area contributed by atoms with Gasteiger partial charge in [-0.2, -0.15) is 34.5 Å². The molecule has 2 heterocycles. The quantitative estimate of drug-likeness (QED) is 0.0370. The minimum Gasteiger partial charge on any atom is -0.479 e. The summed E-state index contributed by atoms with van der Waals surface area (Å²) in [5.74, 6) is -2.31. The predicted molar refractivity (Wildman–Crippen MR) is 283 cm³/mol. The summed E-state index contributed by atoms with van der Waals surface area (Å²) in [5.41, 5.74) is 3.80. The molecule has 4 amide bonds. The number of aryl methyl sites for hydroxylation is 2. The van der Waals surface area contributed by atoms with Crippen LogP contribution < -0.4 is 21.6 Å². The maximum atomic E-state index is 13.5. The number of rotatable bonds is 32. The van der Waals surface area contributed by atoms with Crippen LogP contribution in [-0.2, 0) is 65.6 Å². The molecule has 18 nitrogen and oxygen atoms in total. The van der Waals surface area contributed by atoms with Crippen LogP contribution in [0.25, 0.3) is 0 Å². The smallest absolute Gasteiger partial charge is 0.336 e. The number of benzene rings is 2.